The molecule has 3 heteroatoms. The second-order valence-electron chi connectivity index (χ2n) is 6.29. The van der Waals surface area contributed by atoms with E-state index < -0.39 is 0 Å². The fraction of sp³-hybridized carbons (Fsp3) is 0.923. The molecule has 0 aliphatic heterocycles. The fourth-order valence-electron chi connectivity index (χ4n) is 2.43. The molecule has 0 bridgehead atoms. The van der Waals surface area contributed by atoms with Gasteiger partial charge in [-0.2, -0.15) is 0 Å². The van der Waals surface area contributed by atoms with Gasteiger partial charge in [-0.05, 0) is 32.1 Å². The predicted octanol–water partition coefficient (Wildman–Crippen LogP) is 3.34. The Balaban J connectivity index is 2.66. The highest BCUT2D eigenvalue weighted by Gasteiger charge is 2.38. The van der Waals surface area contributed by atoms with Crippen LogP contribution in [0.25, 0.3) is 0 Å². The van der Waals surface area contributed by atoms with Crippen molar-refractivity contribution >= 4 is 17.5 Å². The molecule has 0 radical (unpaired) electrons. The predicted molar refractivity (Wildman–Crippen MR) is 68.7 cm³/mol. The van der Waals surface area contributed by atoms with E-state index in [0.717, 1.165) is 12.8 Å². The van der Waals surface area contributed by atoms with Gasteiger partial charge in [-0.25, -0.2) is 0 Å². The van der Waals surface area contributed by atoms with Gasteiger partial charge in [0.1, 0.15) is 0 Å². The summed E-state index contributed by atoms with van der Waals surface area (Å²) in [5, 5.41) is 3.06. The largest absolute Gasteiger partial charge is 0.350 e. The van der Waals surface area contributed by atoms with Gasteiger partial charge in [-0.1, -0.05) is 26.7 Å². The van der Waals surface area contributed by atoms with Gasteiger partial charge in [-0.15, -0.1) is 11.6 Å². The molecule has 0 saturated heterocycles. The van der Waals surface area contributed by atoms with Crippen molar-refractivity contribution in [1.29, 1.82) is 0 Å². The Bertz CT molecular complexity index is 261. The van der Waals surface area contributed by atoms with Crippen molar-refractivity contribution in [2.45, 2.75) is 58.9 Å². The summed E-state index contributed by atoms with van der Waals surface area (Å²) >= 11 is 5.83. The number of amides is 1. The number of carbonyl (C=O) groups excluding carboxylic acids is 1. The van der Waals surface area contributed by atoms with E-state index in [9.17, 15) is 4.79 Å². The lowest BCUT2D eigenvalue weighted by Gasteiger charge is -2.39. The van der Waals surface area contributed by atoms with Crippen molar-refractivity contribution < 1.29 is 4.79 Å². The summed E-state index contributed by atoms with van der Waals surface area (Å²) in [4.78, 5) is 12.2. The van der Waals surface area contributed by atoms with Crippen LogP contribution in [0.4, 0.5) is 0 Å². The summed E-state index contributed by atoms with van der Waals surface area (Å²) < 4.78 is 0. The van der Waals surface area contributed by atoms with Crippen LogP contribution in [0.2, 0.25) is 0 Å². The van der Waals surface area contributed by atoms with Gasteiger partial charge in [-0.3, -0.25) is 4.79 Å². The third-order valence-corrected chi connectivity index (χ3v) is 4.29. The van der Waals surface area contributed by atoms with E-state index in [1.54, 1.807) is 0 Å². The first-order chi connectivity index (χ1) is 7.28. The topological polar surface area (TPSA) is 29.1 Å². The third-order valence-electron chi connectivity index (χ3n) is 3.62. The molecule has 1 N–H and O–H groups in total. The Morgan fingerprint density at radius 2 is 2.06 bits per heavy atom. The van der Waals surface area contributed by atoms with E-state index in [1.165, 1.54) is 12.8 Å². The Labute approximate surface area is 104 Å². The number of nitrogens with one attached hydrogen (secondary N) is 1. The lowest BCUT2D eigenvalue weighted by molar-refractivity contribution is -0.131. The SMILES string of the molecule is CC(C)(CCl)NC(=O)C1CCCCC1(C)C. The van der Waals surface area contributed by atoms with Gasteiger partial charge in [0, 0.05) is 17.3 Å². The molecular weight excluding hydrogens is 222 g/mol. The molecule has 1 unspecified atom stereocenters. The van der Waals surface area contributed by atoms with E-state index in [-0.39, 0.29) is 22.8 Å². The maximum absolute atomic E-state index is 12.2. The number of halogens is 1. The molecule has 1 rings (SSSR count). The molecule has 2 nitrogen and oxygen atoms in total. The monoisotopic (exact) mass is 245 g/mol. The van der Waals surface area contributed by atoms with Gasteiger partial charge in [0.25, 0.3) is 0 Å². The fourth-order valence-corrected chi connectivity index (χ4v) is 2.50. The molecule has 16 heavy (non-hydrogen) atoms. The number of alkyl halides is 1. The van der Waals surface area contributed by atoms with Gasteiger partial charge in [0.15, 0.2) is 0 Å². The lowest BCUT2D eigenvalue weighted by atomic mass is 9.68. The minimum atomic E-state index is -0.299. The normalized spacial score (nSPS) is 25.2. The van der Waals surface area contributed by atoms with Crippen molar-refractivity contribution in [3.8, 4) is 0 Å². The molecule has 1 aliphatic rings. The summed E-state index contributed by atoms with van der Waals surface area (Å²) in [6.45, 7) is 8.33. The maximum Gasteiger partial charge on any atom is 0.224 e. The van der Waals surface area contributed by atoms with Crippen LogP contribution in [0.3, 0.4) is 0 Å². The highest BCUT2D eigenvalue weighted by atomic mass is 35.5. The van der Waals surface area contributed by atoms with Crippen LogP contribution >= 0.6 is 11.6 Å². The Hall–Kier alpha value is -0.240. The summed E-state index contributed by atoms with van der Waals surface area (Å²) in [6, 6.07) is 0. The zero-order chi connectivity index (χ0) is 12.4. The van der Waals surface area contributed by atoms with Crippen molar-refractivity contribution in [2.24, 2.45) is 11.3 Å². The Kier molecular flexibility index (Phi) is 4.28. The van der Waals surface area contributed by atoms with Crippen LogP contribution in [-0.4, -0.2) is 17.3 Å². The van der Waals surface area contributed by atoms with Gasteiger partial charge >= 0.3 is 0 Å². The summed E-state index contributed by atoms with van der Waals surface area (Å²) in [6.07, 6.45) is 4.57. The summed E-state index contributed by atoms with van der Waals surface area (Å²) in [5.74, 6) is 0.769. The van der Waals surface area contributed by atoms with Crippen molar-refractivity contribution in [2.75, 3.05) is 5.88 Å². The molecule has 0 heterocycles. The van der Waals surface area contributed by atoms with Crippen LogP contribution in [0.1, 0.15) is 53.4 Å². The molecule has 0 aromatic heterocycles. The zero-order valence-corrected chi connectivity index (χ0v) is 11.7. The van der Waals surface area contributed by atoms with E-state index in [1.807, 2.05) is 13.8 Å². The van der Waals surface area contributed by atoms with Crippen molar-refractivity contribution in [3.05, 3.63) is 0 Å². The zero-order valence-electron chi connectivity index (χ0n) is 10.9. The first kappa shape index (κ1) is 13.8. The maximum atomic E-state index is 12.2. The average Bonchev–Trinajstić information content (AvgIpc) is 2.16. The highest BCUT2D eigenvalue weighted by Crippen LogP contribution is 2.40. The van der Waals surface area contributed by atoms with Crippen LogP contribution in [0.15, 0.2) is 0 Å². The summed E-state index contributed by atoms with van der Waals surface area (Å²) in [5.41, 5.74) is -0.170. The van der Waals surface area contributed by atoms with Crippen LogP contribution in [0.5, 0.6) is 0 Å². The first-order valence-electron chi connectivity index (χ1n) is 6.16. The number of rotatable bonds is 3. The number of hydrogen-bond acceptors (Lipinski definition) is 1. The standard InChI is InChI=1S/C13H24ClNO/c1-12(2)8-6-5-7-10(12)11(16)15-13(3,4)9-14/h10H,5-9H2,1-4H3,(H,15,16). The van der Waals surface area contributed by atoms with Crippen LogP contribution in [-0.2, 0) is 4.79 Å². The Morgan fingerprint density at radius 3 is 2.56 bits per heavy atom. The Morgan fingerprint density at radius 1 is 1.44 bits per heavy atom. The minimum absolute atomic E-state index is 0.130. The number of hydrogen-bond donors (Lipinski definition) is 1. The number of carbonyl (C=O) groups is 1. The third kappa shape index (κ3) is 3.38. The lowest BCUT2D eigenvalue weighted by Crippen LogP contribution is -2.50. The molecular formula is C13H24ClNO. The highest BCUT2D eigenvalue weighted by molar-refractivity contribution is 6.18. The molecule has 0 spiro atoms. The summed E-state index contributed by atoms with van der Waals surface area (Å²) in [7, 11) is 0. The van der Waals surface area contributed by atoms with E-state index in [2.05, 4.69) is 19.2 Å². The minimum Gasteiger partial charge on any atom is -0.350 e. The molecule has 1 atom stereocenters. The molecule has 1 saturated carbocycles. The van der Waals surface area contributed by atoms with E-state index in [4.69, 9.17) is 11.6 Å². The van der Waals surface area contributed by atoms with Crippen molar-refractivity contribution in [3.63, 3.8) is 0 Å². The average molecular weight is 246 g/mol. The van der Waals surface area contributed by atoms with Crippen LogP contribution < -0.4 is 5.32 Å². The molecule has 1 amide bonds. The molecule has 1 fully saturated rings. The quantitative estimate of drug-likeness (QED) is 0.760. The van der Waals surface area contributed by atoms with Crippen molar-refractivity contribution in [1.82, 2.24) is 5.32 Å². The van der Waals surface area contributed by atoms with Gasteiger partial charge in [0.2, 0.25) is 5.91 Å². The molecule has 0 aromatic carbocycles. The second kappa shape index (κ2) is 4.95. The second-order valence-corrected chi connectivity index (χ2v) is 6.56. The van der Waals surface area contributed by atoms with Gasteiger partial charge < -0.3 is 5.32 Å². The van der Waals surface area contributed by atoms with E-state index >= 15 is 0 Å². The molecule has 0 aromatic rings. The van der Waals surface area contributed by atoms with E-state index in [0.29, 0.717) is 5.88 Å². The first-order valence-corrected chi connectivity index (χ1v) is 6.70. The molecule has 1 aliphatic carbocycles. The molecule has 94 valence electrons. The smallest absolute Gasteiger partial charge is 0.224 e. The van der Waals surface area contributed by atoms with Gasteiger partial charge in [0.05, 0.1) is 0 Å². The van der Waals surface area contributed by atoms with Crippen LogP contribution in [0, 0.1) is 11.3 Å².